The van der Waals surface area contributed by atoms with Gasteiger partial charge in [0.15, 0.2) is 0 Å². The lowest BCUT2D eigenvalue weighted by atomic mass is 9.96. The van der Waals surface area contributed by atoms with Crippen molar-refractivity contribution in [1.82, 2.24) is 0 Å². The standard InChI is InChI=1S/C24H20FNO4/c1-13-7-8-14(2)18(11-13)22(27)20-21(19-10-9-15(3)30-19)26(24(29)23(20)28)17-6-4-5-16(25)12-17/h4-12,21,27H,1-3H3/b22-20-. The van der Waals surface area contributed by atoms with Crippen LogP contribution in [0.5, 0.6) is 0 Å². The Hall–Kier alpha value is -3.67. The number of Topliss-reactive ketones (excluding diaryl/α,β-unsaturated/α-hetero) is 1. The first-order valence-electron chi connectivity index (χ1n) is 9.48. The van der Waals surface area contributed by atoms with E-state index in [9.17, 15) is 19.1 Å². The lowest BCUT2D eigenvalue weighted by Gasteiger charge is -2.23. The monoisotopic (exact) mass is 405 g/mol. The number of halogens is 1. The number of anilines is 1. The largest absolute Gasteiger partial charge is 0.507 e. The third-order valence-corrected chi connectivity index (χ3v) is 5.21. The molecule has 6 heteroatoms. The zero-order chi connectivity index (χ0) is 21.6. The molecule has 152 valence electrons. The highest BCUT2D eigenvalue weighted by molar-refractivity contribution is 6.51. The molecule has 0 bridgehead atoms. The van der Waals surface area contributed by atoms with E-state index in [2.05, 4.69) is 0 Å². The van der Waals surface area contributed by atoms with Crippen molar-refractivity contribution in [3.8, 4) is 0 Å². The number of aryl methyl sites for hydroxylation is 3. The van der Waals surface area contributed by atoms with Gasteiger partial charge in [0.25, 0.3) is 11.7 Å². The molecular formula is C24H20FNO4. The van der Waals surface area contributed by atoms with E-state index in [1.54, 1.807) is 25.1 Å². The zero-order valence-corrected chi connectivity index (χ0v) is 16.8. The third-order valence-electron chi connectivity index (χ3n) is 5.21. The van der Waals surface area contributed by atoms with E-state index in [0.717, 1.165) is 11.1 Å². The number of carbonyl (C=O) groups excluding carboxylic acids is 2. The maximum atomic E-state index is 13.9. The molecule has 0 spiro atoms. The Morgan fingerprint density at radius 2 is 1.80 bits per heavy atom. The highest BCUT2D eigenvalue weighted by Crippen LogP contribution is 2.43. The van der Waals surface area contributed by atoms with Crippen molar-refractivity contribution in [1.29, 1.82) is 0 Å². The summed E-state index contributed by atoms with van der Waals surface area (Å²) in [6.07, 6.45) is 0. The van der Waals surface area contributed by atoms with Crippen LogP contribution in [0.3, 0.4) is 0 Å². The van der Waals surface area contributed by atoms with Crippen molar-refractivity contribution in [2.45, 2.75) is 26.8 Å². The van der Waals surface area contributed by atoms with Crippen LogP contribution in [0, 0.1) is 26.6 Å². The van der Waals surface area contributed by atoms with Gasteiger partial charge in [-0.1, -0.05) is 23.8 Å². The van der Waals surface area contributed by atoms with Crippen molar-refractivity contribution >= 4 is 23.1 Å². The molecular weight excluding hydrogens is 385 g/mol. The fourth-order valence-electron chi connectivity index (χ4n) is 3.73. The van der Waals surface area contributed by atoms with Gasteiger partial charge in [0, 0.05) is 11.3 Å². The number of carbonyl (C=O) groups is 2. The van der Waals surface area contributed by atoms with Crippen LogP contribution in [0.2, 0.25) is 0 Å². The molecule has 1 unspecified atom stereocenters. The first-order valence-corrected chi connectivity index (χ1v) is 9.48. The molecule has 2 heterocycles. The van der Waals surface area contributed by atoms with E-state index in [1.807, 2.05) is 26.0 Å². The number of nitrogens with zero attached hydrogens (tertiary/aromatic N) is 1. The van der Waals surface area contributed by atoms with Gasteiger partial charge < -0.3 is 9.52 Å². The number of aliphatic hydroxyl groups excluding tert-OH is 1. The third kappa shape index (κ3) is 3.20. The second-order valence-electron chi connectivity index (χ2n) is 7.42. The van der Waals surface area contributed by atoms with Crippen LogP contribution in [0.4, 0.5) is 10.1 Å². The van der Waals surface area contributed by atoms with E-state index in [0.29, 0.717) is 17.1 Å². The van der Waals surface area contributed by atoms with E-state index in [4.69, 9.17) is 4.42 Å². The summed E-state index contributed by atoms with van der Waals surface area (Å²) < 4.78 is 19.6. The normalized spacial score (nSPS) is 18.3. The molecule has 30 heavy (non-hydrogen) atoms. The van der Waals surface area contributed by atoms with Crippen LogP contribution in [-0.4, -0.2) is 16.8 Å². The van der Waals surface area contributed by atoms with Crippen molar-refractivity contribution in [2.75, 3.05) is 4.90 Å². The van der Waals surface area contributed by atoms with Gasteiger partial charge in [-0.25, -0.2) is 4.39 Å². The van der Waals surface area contributed by atoms with E-state index >= 15 is 0 Å². The fraction of sp³-hybridized carbons (Fsp3) is 0.167. The number of ketones is 1. The van der Waals surface area contributed by atoms with E-state index < -0.39 is 23.5 Å². The van der Waals surface area contributed by atoms with E-state index in [-0.39, 0.29) is 17.0 Å². The van der Waals surface area contributed by atoms with Gasteiger partial charge in [0.1, 0.15) is 29.1 Å². The maximum Gasteiger partial charge on any atom is 0.300 e. The summed E-state index contributed by atoms with van der Waals surface area (Å²) in [5, 5.41) is 11.1. The minimum absolute atomic E-state index is 0.0905. The average Bonchev–Trinajstić information content (AvgIpc) is 3.24. The minimum atomic E-state index is -1.01. The van der Waals surface area contributed by atoms with Crippen LogP contribution >= 0.6 is 0 Å². The van der Waals surface area contributed by atoms with Gasteiger partial charge in [-0.05, 0) is 62.7 Å². The number of hydrogen-bond acceptors (Lipinski definition) is 4. The van der Waals surface area contributed by atoms with Crippen LogP contribution in [0.25, 0.3) is 5.76 Å². The summed E-state index contributed by atoms with van der Waals surface area (Å²) in [5.74, 6) is -1.64. The maximum absolute atomic E-state index is 13.9. The molecule has 1 fully saturated rings. The lowest BCUT2D eigenvalue weighted by molar-refractivity contribution is -0.132. The zero-order valence-electron chi connectivity index (χ0n) is 16.8. The summed E-state index contributed by atoms with van der Waals surface area (Å²) in [6.45, 7) is 5.42. The molecule has 0 aliphatic carbocycles. The van der Waals surface area contributed by atoms with Gasteiger partial charge >= 0.3 is 0 Å². The second kappa shape index (κ2) is 7.30. The van der Waals surface area contributed by atoms with Crippen molar-refractivity contribution in [3.63, 3.8) is 0 Å². The molecule has 3 aromatic rings. The van der Waals surface area contributed by atoms with E-state index in [1.165, 1.54) is 29.2 Å². The van der Waals surface area contributed by atoms with Crippen LogP contribution in [-0.2, 0) is 9.59 Å². The van der Waals surface area contributed by atoms with Gasteiger partial charge in [0.2, 0.25) is 0 Å². The molecule has 1 aliphatic heterocycles. The van der Waals surface area contributed by atoms with Crippen molar-refractivity contribution < 1.29 is 23.5 Å². The van der Waals surface area contributed by atoms with Gasteiger partial charge in [0.05, 0.1) is 5.57 Å². The van der Waals surface area contributed by atoms with Crippen LogP contribution < -0.4 is 4.90 Å². The number of hydrogen-bond donors (Lipinski definition) is 1. The summed E-state index contributed by atoms with van der Waals surface area (Å²) in [7, 11) is 0. The fourth-order valence-corrected chi connectivity index (χ4v) is 3.73. The number of amides is 1. The molecule has 4 rings (SSSR count). The number of benzene rings is 2. The highest BCUT2D eigenvalue weighted by Gasteiger charge is 2.48. The second-order valence-corrected chi connectivity index (χ2v) is 7.42. The molecule has 1 amide bonds. The highest BCUT2D eigenvalue weighted by atomic mass is 19.1. The molecule has 1 aliphatic rings. The quantitative estimate of drug-likeness (QED) is 0.379. The predicted octanol–water partition coefficient (Wildman–Crippen LogP) is 4.97. The number of aliphatic hydroxyl groups is 1. The Kier molecular flexibility index (Phi) is 4.78. The SMILES string of the molecule is Cc1ccc(C)c(/C(O)=C2/C(=O)C(=O)N(c3cccc(F)c3)C2c2ccc(C)o2)c1. The van der Waals surface area contributed by atoms with Crippen LogP contribution in [0.15, 0.2) is 64.6 Å². The van der Waals surface area contributed by atoms with Crippen molar-refractivity contribution in [3.05, 3.63) is 94.2 Å². The summed E-state index contributed by atoms with van der Waals surface area (Å²) in [4.78, 5) is 27.2. The minimum Gasteiger partial charge on any atom is -0.507 e. The molecule has 1 saturated heterocycles. The predicted molar refractivity (Wildman–Crippen MR) is 111 cm³/mol. The number of rotatable bonds is 3. The smallest absolute Gasteiger partial charge is 0.300 e. The molecule has 1 aromatic heterocycles. The topological polar surface area (TPSA) is 70.8 Å². The lowest BCUT2D eigenvalue weighted by Crippen LogP contribution is -2.29. The molecule has 1 atom stereocenters. The van der Waals surface area contributed by atoms with Gasteiger partial charge in [-0.2, -0.15) is 0 Å². The summed E-state index contributed by atoms with van der Waals surface area (Å²) in [5.41, 5.74) is 2.22. The molecule has 0 saturated carbocycles. The summed E-state index contributed by atoms with van der Waals surface area (Å²) >= 11 is 0. The Bertz CT molecular complexity index is 1210. The molecule has 2 aromatic carbocycles. The Labute approximate surface area is 173 Å². The van der Waals surface area contributed by atoms with Crippen LogP contribution in [0.1, 0.15) is 34.3 Å². The first kappa shape index (κ1) is 19.6. The van der Waals surface area contributed by atoms with Gasteiger partial charge in [-0.15, -0.1) is 0 Å². The average molecular weight is 405 g/mol. The molecule has 0 radical (unpaired) electrons. The Morgan fingerprint density at radius 3 is 2.47 bits per heavy atom. The Balaban J connectivity index is 1.98. The van der Waals surface area contributed by atoms with Gasteiger partial charge in [-0.3, -0.25) is 14.5 Å². The number of furan rings is 1. The molecule has 1 N–H and O–H groups in total. The summed E-state index contributed by atoms with van der Waals surface area (Å²) in [6, 6.07) is 13.2. The molecule has 5 nitrogen and oxygen atoms in total. The van der Waals surface area contributed by atoms with Crippen molar-refractivity contribution in [2.24, 2.45) is 0 Å². The Morgan fingerprint density at radius 1 is 1.03 bits per heavy atom. The first-order chi connectivity index (χ1) is 14.3.